The highest BCUT2D eigenvalue weighted by Crippen LogP contribution is 2.26. The first-order valence-corrected chi connectivity index (χ1v) is 6.58. The lowest BCUT2D eigenvalue weighted by Gasteiger charge is -2.31. The average Bonchev–Trinajstić information content (AvgIpc) is 2.53. The predicted molar refractivity (Wildman–Crippen MR) is 71.1 cm³/mol. The van der Waals surface area contributed by atoms with E-state index in [2.05, 4.69) is 15.3 Å². The van der Waals surface area contributed by atoms with Crippen molar-refractivity contribution in [3.63, 3.8) is 0 Å². The number of carbonyl (C=O) groups is 2. The first-order valence-electron chi connectivity index (χ1n) is 6.58. The number of aliphatic hydroxyl groups is 1. The predicted octanol–water partition coefficient (Wildman–Crippen LogP) is -0.466. The fourth-order valence-electron chi connectivity index (χ4n) is 2.37. The molecule has 2 rings (SSSR count). The smallest absolute Gasteiger partial charge is 0.269 e. The molecule has 0 radical (unpaired) electrons. The number of nitrogens with one attached hydrogen (secondary N) is 1. The number of nitrogens with zero attached hydrogens (tertiary/aromatic N) is 3. The zero-order chi connectivity index (χ0) is 14.5. The average molecular weight is 278 g/mol. The summed E-state index contributed by atoms with van der Waals surface area (Å²) >= 11 is 0. The van der Waals surface area contributed by atoms with Crippen molar-refractivity contribution >= 4 is 11.8 Å². The monoisotopic (exact) mass is 278 g/mol. The van der Waals surface area contributed by atoms with Gasteiger partial charge in [0.25, 0.3) is 5.91 Å². The van der Waals surface area contributed by atoms with Crippen LogP contribution in [-0.4, -0.2) is 58.5 Å². The second-order valence-corrected chi connectivity index (χ2v) is 4.72. The van der Waals surface area contributed by atoms with E-state index >= 15 is 0 Å². The molecule has 7 nitrogen and oxygen atoms in total. The number of rotatable bonds is 3. The standard InChI is InChI=1S/C13H18N4O3/c1-14-13(20)11-6-10(15-8-16-11)9-2-4-17(5-3-9)12(19)7-18/h6,8-9,18H,2-5,7H2,1H3,(H,14,20). The molecule has 1 aromatic heterocycles. The van der Waals surface area contributed by atoms with Crippen molar-refractivity contribution in [3.05, 3.63) is 23.8 Å². The van der Waals surface area contributed by atoms with Gasteiger partial charge < -0.3 is 15.3 Å². The van der Waals surface area contributed by atoms with Crippen molar-refractivity contribution < 1.29 is 14.7 Å². The number of hydrogen-bond acceptors (Lipinski definition) is 5. The Morgan fingerprint density at radius 1 is 1.40 bits per heavy atom. The van der Waals surface area contributed by atoms with Gasteiger partial charge in [0, 0.05) is 31.7 Å². The lowest BCUT2D eigenvalue weighted by Crippen LogP contribution is -2.39. The molecule has 0 saturated carbocycles. The van der Waals surface area contributed by atoms with E-state index < -0.39 is 6.61 Å². The summed E-state index contributed by atoms with van der Waals surface area (Å²) < 4.78 is 0. The van der Waals surface area contributed by atoms with E-state index in [1.165, 1.54) is 6.33 Å². The maximum atomic E-state index is 11.5. The lowest BCUT2D eigenvalue weighted by atomic mass is 9.93. The van der Waals surface area contributed by atoms with Crippen LogP contribution in [0, 0.1) is 0 Å². The van der Waals surface area contributed by atoms with Crippen molar-refractivity contribution in [2.75, 3.05) is 26.7 Å². The number of piperidine rings is 1. The van der Waals surface area contributed by atoms with Crippen LogP contribution in [0.25, 0.3) is 0 Å². The van der Waals surface area contributed by atoms with Crippen molar-refractivity contribution in [1.82, 2.24) is 20.2 Å². The van der Waals surface area contributed by atoms with Gasteiger partial charge in [0.2, 0.25) is 5.91 Å². The fourth-order valence-corrected chi connectivity index (χ4v) is 2.37. The Bertz CT molecular complexity index is 498. The summed E-state index contributed by atoms with van der Waals surface area (Å²) in [5.41, 5.74) is 1.18. The number of amides is 2. The second-order valence-electron chi connectivity index (χ2n) is 4.72. The molecule has 7 heteroatoms. The van der Waals surface area contributed by atoms with Gasteiger partial charge in [-0.25, -0.2) is 9.97 Å². The van der Waals surface area contributed by atoms with Crippen LogP contribution < -0.4 is 5.32 Å². The van der Waals surface area contributed by atoms with E-state index in [-0.39, 0.29) is 17.7 Å². The Morgan fingerprint density at radius 2 is 2.10 bits per heavy atom. The van der Waals surface area contributed by atoms with Crippen LogP contribution >= 0.6 is 0 Å². The van der Waals surface area contributed by atoms with E-state index in [0.717, 1.165) is 18.5 Å². The van der Waals surface area contributed by atoms with E-state index in [1.54, 1.807) is 18.0 Å². The molecule has 2 amide bonds. The van der Waals surface area contributed by atoms with Crippen molar-refractivity contribution in [1.29, 1.82) is 0 Å². The first kappa shape index (κ1) is 14.4. The molecule has 0 spiro atoms. The molecule has 1 aliphatic heterocycles. The molecule has 20 heavy (non-hydrogen) atoms. The molecule has 1 aromatic rings. The van der Waals surface area contributed by atoms with Gasteiger partial charge in [-0.15, -0.1) is 0 Å². The van der Waals surface area contributed by atoms with Crippen LogP contribution in [0.15, 0.2) is 12.4 Å². The molecular weight excluding hydrogens is 260 g/mol. The third kappa shape index (κ3) is 3.11. The Balaban J connectivity index is 2.03. The third-order valence-electron chi connectivity index (χ3n) is 3.55. The summed E-state index contributed by atoms with van der Waals surface area (Å²) in [5, 5.41) is 11.4. The number of aromatic nitrogens is 2. The van der Waals surface area contributed by atoms with Gasteiger partial charge in [-0.3, -0.25) is 9.59 Å². The largest absolute Gasteiger partial charge is 0.387 e. The summed E-state index contributed by atoms with van der Waals surface area (Å²) in [7, 11) is 1.56. The van der Waals surface area contributed by atoms with Crippen LogP contribution in [0.2, 0.25) is 0 Å². The minimum absolute atomic E-state index is 0.212. The highest BCUT2D eigenvalue weighted by molar-refractivity contribution is 5.92. The zero-order valence-corrected chi connectivity index (χ0v) is 11.4. The molecule has 0 unspecified atom stereocenters. The zero-order valence-electron chi connectivity index (χ0n) is 11.4. The van der Waals surface area contributed by atoms with E-state index in [4.69, 9.17) is 5.11 Å². The Kier molecular flexibility index (Phi) is 4.62. The molecule has 1 fully saturated rings. The van der Waals surface area contributed by atoms with Gasteiger partial charge in [-0.1, -0.05) is 0 Å². The number of aliphatic hydroxyl groups excluding tert-OH is 1. The fraction of sp³-hybridized carbons (Fsp3) is 0.538. The molecular formula is C13H18N4O3. The van der Waals surface area contributed by atoms with E-state index in [0.29, 0.717) is 18.8 Å². The van der Waals surface area contributed by atoms with Gasteiger partial charge in [-0.2, -0.15) is 0 Å². The highest BCUT2D eigenvalue weighted by Gasteiger charge is 2.24. The van der Waals surface area contributed by atoms with Crippen molar-refractivity contribution in [2.24, 2.45) is 0 Å². The van der Waals surface area contributed by atoms with Crippen molar-refractivity contribution in [3.8, 4) is 0 Å². The van der Waals surface area contributed by atoms with E-state index in [1.807, 2.05) is 0 Å². The van der Waals surface area contributed by atoms with Gasteiger partial charge >= 0.3 is 0 Å². The van der Waals surface area contributed by atoms with Crippen molar-refractivity contribution in [2.45, 2.75) is 18.8 Å². The Hall–Kier alpha value is -2.02. The third-order valence-corrected chi connectivity index (χ3v) is 3.55. The minimum atomic E-state index is -0.445. The Morgan fingerprint density at radius 3 is 2.70 bits per heavy atom. The van der Waals surface area contributed by atoms with Gasteiger partial charge in [0.15, 0.2) is 0 Å². The molecule has 0 aromatic carbocycles. The van der Waals surface area contributed by atoms with Crippen LogP contribution in [0.1, 0.15) is 34.9 Å². The maximum absolute atomic E-state index is 11.5. The van der Waals surface area contributed by atoms with Gasteiger partial charge in [0.1, 0.15) is 18.6 Å². The Labute approximate surface area is 117 Å². The topological polar surface area (TPSA) is 95.4 Å². The summed E-state index contributed by atoms with van der Waals surface area (Å²) in [5.74, 6) is -0.261. The van der Waals surface area contributed by atoms with Crippen LogP contribution in [0.4, 0.5) is 0 Å². The molecule has 1 aliphatic rings. The van der Waals surface area contributed by atoms with Crippen LogP contribution in [-0.2, 0) is 4.79 Å². The SMILES string of the molecule is CNC(=O)c1cc(C2CCN(C(=O)CO)CC2)ncn1. The van der Waals surface area contributed by atoms with Crippen LogP contribution in [0.3, 0.4) is 0 Å². The summed E-state index contributed by atoms with van der Waals surface area (Å²) in [4.78, 5) is 32.8. The number of hydrogen-bond donors (Lipinski definition) is 2. The summed E-state index contributed by atoms with van der Waals surface area (Å²) in [6.45, 7) is 0.756. The quantitative estimate of drug-likeness (QED) is 0.779. The first-order chi connectivity index (χ1) is 9.65. The lowest BCUT2D eigenvalue weighted by molar-refractivity contribution is -0.135. The molecule has 2 heterocycles. The number of likely N-dealkylation sites (tertiary alicyclic amines) is 1. The second kappa shape index (κ2) is 6.42. The molecule has 0 bridgehead atoms. The molecule has 0 atom stereocenters. The van der Waals surface area contributed by atoms with Gasteiger partial charge in [-0.05, 0) is 18.9 Å². The van der Waals surface area contributed by atoms with Gasteiger partial charge in [0.05, 0.1) is 0 Å². The molecule has 0 aliphatic carbocycles. The number of carbonyl (C=O) groups excluding carboxylic acids is 2. The summed E-state index contributed by atoms with van der Waals surface area (Å²) in [6, 6.07) is 1.70. The minimum Gasteiger partial charge on any atom is -0.387 e. The molecule has 108 valence electrons. The highest BCUT2D eigenvalue weighted by atomic mass is 16.3. The van der Waals surface area contributed by atoms with Crippen LogP contribution in [0.5, 0.6) is 0 Å². The summed E-state index contributed by atoms with van der Waals surface area (Å²) in [6.07, 6.45) is 2.94. The normalized spacial score (nSPS) is 16.0. The molecule has 2 N–H and O–H groups in total. The van der Waals surface area contributed by atoms with E-state index in [9.17, 15) is 9.59 Å². The molecule has 1 saturated heterocycles. The maximum Gasteiger partial charge on any atom is 0.269 e.